The highest BCUT2D eigenvalue weighted by Gasteiger charge is 2.05. The molecule has 3 rings (SSSR count). The Labute approximate surface area is 121 Å². The van der Waals surface area contributed by atoms with Crippen molar-refractivity contribution < 1.29 is 4.42 Å². The van der Waals surface area contributed by atoms with Crippen LogP contribution < -0.4 is 0 Å². The van der Waals surface area contributed by atoms with E-state index in [2.05, 4.69) is 10.2 Å². The molecule has 0 N–H and O–H groups in total. The lowest BCUT2D eigenvalue weighted by atomic mass is 10.2. The molecular weight excluding hydrogens is 272 g/mol. The van der Waals surface area contributed by atoms with E-state index in [0.717, 1.165) is 11.1 Å². The zero-order valence-electron chi connectivity index (χ0n) is 10.5. The van der Waals surface area contributed by atoms with Gasteiger partial charge in [-0.2, -0.15) is 0 Å². The Morgan fingerprint density at radius 1 is 0.900 bits per heavy atom. The van der Waals surface area contributed by atoms with Crippen LogP contribution in [0.1, 0.15) is 11.5 Å². The molecule has 0 amide bonds. The fourth-order valence-corrected chi connectivity index (χ4v) is 1.98. The molecule has 0 saturated heterocycles. The van der Waals surface area contributed by atoms with Gasteiger partial charge in [-0.05, 0) is 35.9 Å². The van der Waals surface area contributed by atoms with Crippen LogP contribution in [0.3, 0.4) is 0 Å². The first-order valence-corrected chi connectivity index (χ1v) is 6.52. The third-order valence-electron chi connectivity index (χ3n) is 2.73. The number of halogens is 1. The monoisotopic (exact) mass is 282 g/mol. The molecule has 0 aliphatic heterocycles. The van der Waals surface area contributed by atoms with E-state index in [1.165, 1.54) is 0 Å². The maximum atomic E-state index is 5.93. The van der Waals surface area contributed by atoms with Gasteiger partial charge in [-0.15, -0.1) is 10.2 Å². The fourth-order valence-electron chi connectivity index (χ4n) is 1.78. The molecule has 0 aliphatic rings. The maximum Gasteiger partial charge on any atom is 0.248 e. The highest BCUT2D eigenvalue weighted by Crippen LogP contribution is 2.18. The van der Waals surface area contributed by atoms with Gasteiger partial charge in [-0.3, -0.25) is 0 Å². The van der Waals surface area contributed by atoms with Crippen LogP contribution in [-0.4, -0.2) is 10.2 Å². The second kappa shape index (κ2) is 5.72. The Bertz CT molecular complexity index is 735. The summed E-state index contributed by atoms with van der Waals surface area (Å²) in [6.07, 6.45) is 3.65. The molecular formula is C16H11ClN2O. The van der Waals surface area contributed by atoms with Gasteiger partial charge in [-0.25, -0.2) is 0 Å². The first-order valence-electron chi connectivity index (χ1n) is 6.14. The first kappa shape index (κ1) is 12.6. The van der Waals surface area contributed by atoms with E-state index in [9.17, 15) is 0 Å². The summed E-state index contributed by atoms with van der Waals surface area (Å²) >= 11 is 5.93. The number of benzene rings is 2. The Morgan fingerprint density at radius 2 is 1.75 bits per heavy atom. The molecule has 1 aromatic heterocycles. The molecule has 0 bridgehead atoms. The quantitative estimate of drug-likeness (QED) is 0.707. The molecule has 3 nitrogen and oxygen atoms in total. The van der Waals surface area contributed by atoms with E-state index in [0.29, 0.717) is 16.8 Å². The van der Waals surface area contributed by atoms with Crippen LogP contribution in [-0.2, 0) is 0 Å². The smallest absolute Gasteiger partial charge is 0.248 e. The van der Waals surface area contributed by atoms with Crippen molar-refractivity contribution in [3.8, 4) is 11.5 Å². The summed E-state index contributed by atoms with van der Waals surface area (Å²) in [5.41, 5.74) is 1.89. The molecule has 0 spiro atoms. The molecule has 4 heteroatoms. The van der Waals surface area contributed by atoms with Gasteiger partial charge in [0, 0.05) is 16.7 Å². The lowest BCUT2D eigenvalue weighted by molar-refractivity contribution is 0.558. The minimum absolute atomic E-state index is 0.462. The maximum absolute atomic E-state index is 5.93. The van der Waals surface area contributed by atoms with Crippen molar-refractivity contribution in [1.82, 2.24) is 10.2 Å². The van der Waals surface area contributed by atoms with E-state index >= 15 is 0 Å². The normalized spacial score (nSPS) is 11.1. The lowest BCUT2D eigenvalue weighted by Gasteiger charge is -1.93. The molecule has 0 aliphatic carbocycles. The molecule has 0 fully saturated rings. The average Bonchev–Trinajstić information content (AvgIpc) is 2.95. The van der Waals surface area contributed by atoms with Crippen LogP contribution >= 0.6 is 11.6 Å². The summed E-state index contributed by atoms with van der Waals surface area (Å²) in [4.78, 5) is 0. The Morgan fingerprint density at radius 3 is 2.55 bits per heavy atom. The van der Waals surface area contributed by atoms with Crippen LogP contribution in [0.15, 0.2) is 59.0 Å². The Balaban J connectivity index is 1.81. The summed E-state index contributed by atoms with van der Waals surface area (Å²) in [7, 11) is 0. The molecule has 0 saturated carbocycles. The lowest BCUT2D eigenvalue weighted by Crippen LogP contribution is -1.75. The van der Waals surface area contributed by atoms with Gasteiger partial charge in [0.05, 0.1) is 0 Å². The fraction of sp³-hybridized carbons (Fsp3) is 0. The third kappa shape index (κ3) is 2.95. The summed E-state index contributed by atoms with van der Waals surface area (Å²) in [5, 5.41) is 8.71. The molecule has 0 radical (unpaired) electrons. The van der Waals surface area contributed by atoms with Gasteiger partial charge in [-0.1, -0.05) is 41.9 Å². The van der Waals surface area contributed by atoms with Crippen molar-refractivity contribution in [3.05, 3.63) is 71.1 Å². The number of nitrogens with zero attached hydrogens (tertiary/aromatic N) is 2. The summed E-state index contributed by atoms with van der Waals surface area (Å²) in [6.45, 7) is 0. The molecule has 2 aromatic carbocycles. The second-order valence-electron chi connectivity index (χ2n) is 4.20. The van der Waals surface area contributed by atoms with Crippen LogP contribution in [0, 0.1) is 0 Å². The molecule has 20 heavy (non-hydrogen) atoms. The van der Waals surface area contributed by atoms with Crippen molar-refractivity contribution in [1.29, 1.82) is 0 Å². The molecule has 3 aromatic rings. The standard InChI is InChI=1S/C16H11ClN2O/c17-14-8-4-5-12(11-14)9-10-15-18-19-16(20-15)13-6-2-1-3-7-13/h1-11H/b10-9+. The second-order valence-corrected chi connectivity index (χ2v) is 4.64. The van der Waals surface area contributed by atoms with E-state index < -0.39 is 0 Å². The predicted molar refractivity (Wildman–Crippen MR) is 80.1 cm³/mol. The third-order valence-corrected chi connectivity index (χ3v) is 2.96. The zero-order valence-corrected chi connectivity index (χ0v) is 11.3. The zero-order chi connectivity index (χ0) is 13.8. The van der Waals surface area contributed by atoms with Crippen LogP contribution in [0.25, 0.3) is 23.6 Å². The Kier molecular flexibility index (Phi) is 3.61. The van der Waals surface area contributed by atoms with Gasteiger partial charge in [0.1, 0.15) is 0 Å². The molecule has 98 valence electrons. The Hall–Kier alpha value is -2.39. The van der Waals surface area contributed by atoms with E-state index in [1.807, 2.05) is 60.7 Å². The van der Waals surface area contributed by atoms with Crippen molar-refractivity contribution in [3.63, 3.8) is 0 Å². The van der Waals surface area contributed by atoms with Crippen molar-refractivity contribution in [2.75, 3.05) is 0 Å². The van der Waals surface area contributed by atoms with E-state index in [-0.39, 0.29) is 0 Å². The van der Waals surface area contributed by atoms with Crippen molar-refractivity contribution >= 4 is 23.8 Å². The van der Waals surface area contributed by atoms with Crippen LogP contribution in [0.2, 0.25) is 5.02 Å². The molecule has 0 atom stereocenters. The number of hydrogen-bond donors (Lipinski definition) is 0. The van der Waals surface area contributed by atoms with Gasteiger partial charge in [0.2, 0.25) is 11.8 Å². The van der Waals surface area contributed by atoms with Gasteiger partial charge in [0.15, 0.2) is 0 Å². The highest BCUT2D eigenvalue weighted by molar-refractivity contribution is 6.30. The van der Waals surface area contributed by atoms with E-state index in [4.69, 9.17) is 16.0 Å². The number of hydrogen-bond acceptors (Lipinski definition) is 3. The minimum Gasteiger partial charge on any atom is -0.417 e. The number of aromatic nitrogens is 2. The summed E-state index contributed by atoms with van der Waals surface area (Å²) in [5.74, 6) is 0.972. The summed E-state index contributed by atoms with van der Waals surface area (Å²) in [6, 6.07) is 17.2. The number of rotatable bonds is 3. The van der Waals surface area contributed by atoms with Gasteiger partial charge >= 0.3 is 0 Å². The summed E-state index contributed by atoms with van der Waals surface area (Å²) < 4.78 is 5.58. The van der Waals surface area contributed by atoms with Crippen molar-refractivity contribution in [2.24, 2.45) is 0 Å². The largest absolute Gasteiger partial charge is 0.417 e. The average molecular weight is 283 g/mol. The minimum atomic E-state index is 0.462. The molecule has 1 heterocycles. The SMILES string of the molecule is Clc1cccc(/C=C/c2nnc(-c3ccccc3)o2)c1. The van der Waals surface area contributed by atoms with E-state index in [1.54, 1.807) is 6.08 Å². The topological polar surface area (TPSA) is 38.9 Å². The first-order chi connectivity index (χ1) is 9.81. The predicted octanol–water partition coefficient (Wildman–Crippen LogP) is 4.56. The van der Waals surface area contributed by atoms with Crippen molar-refractivity contribution in [2.45, 2.75) is 0 Å². The van der Waals surface area contributed by atoms with Crippen LogP contribution in [0.5, 0.6) is 0 Å². The van der Waals surface area contributed by atoms with Gasteiger partial charge < -0.3 is 4.42 Å². The highest BCUT2D eigenvalue weighted by atomic mass is 35.5. The molecule has 0 unspecified atom stereocenters. The van der Waals surface area contributed by atoms with Crippen LogP contribution in [0.4, 0.5) is 0 Å². The van der Waals surface area contributed by atoms with Gasteiger partial charge in [0.25, 0.3) is 0 Å².